The Morgan fingerprint density at radius 2 is 1.78 bits per heavy atom. The van der Waals surface area contributed by atoms with E-state index in [1.807, 2.05) is 0 Å². The van der Waals surface area contributed by atoms with E-state index < -0.39 is 5.72 Å². The van der Waals surface area contributed by atoms with Gasteiger partial charge >= 0.3 is 0 Å². The summed E-state index contributed by atoms with van der Waals surface area (Å²) in [5.41, 5.74) is -0.235. The van der Waals surface area contributed by atoms with Crippen LogP contribution < -0.4 is 5.32 Å². The van der Waals surface area contributed by atoms with Crippen molar-refractivity contribution in [2.45, 2.75) is 44.8 Å². The first-order valence-electron chi connectivity index (χ1n) is 6.85. The molecule has 0 aliphatic heterocycles. The molecule has 1 unspecified atom stereocenters. The number of rotatable bonds is 4. The van der Waals surface area contributed by atoms with Crippen molar-refractivity contribution in [1.82, 2.24) is 5.32 Å². The lowest BCUT2D eigenvalue weighted by molar-refractivity contribution is 0.0143. The second-order valence-corrected chi connectivity index (χ2v) is 5.50. The van der Waals surface area contributed by atoms with E-state index in [1.54, 1.807) is 31.2 Å². The van der Waals surface area contributed by atoms with Gasteiger partial charge in [-0.1, -0.05) is 31.4 Å². The Hall–Kier alpha value is -1.06. The van der Waals surface area contributed by atoms with Crippen molar-refractivity contribution in [2.75, 3.05) is 6.54 Å². The Kier molecular flexibility index (Phi) is 4.25. The Bertz CT molecular complexity index is 367. The van der Waals surface area contributed by atoms with Gasteiger partial charge in [0.1, 0.15) is 11.5 Å². The minimum atomic E-state index is -1.02. The van der Waals surface area contributed by atoms with Gasteiger partial charge in [0.05, 0.1) is 0 Å². The molecular formula is C15H23NO2. The fraction of sp³-hybridized carbons (Fsp3) is 0.600. The highest BCUT2D eigenvalue weighted by Crippen LogP contribution is 2.25. The van der Waals surface area contributed by atoms with Crippen LogP contribution in [-0.2, 0) is 5.72 Å². The first-order chi connectivity index (χ1) is 8.58. The zero-order chi connectivity index (χ0) is 13.0. The third kappa shape index (κ3) is 3.47. The van der Waals surface area contributed by atoms with Crippen LogP contribution in [0.1, 0.15) is 44.6 Å². The number of phenolic OH excluding ortho intramolecular Hbond substituents is 1. The third-order valence-electron chi connectivity index (χ3n) is 3.89. The Morgan fingerprint density at radius 1 is 1.17 bits per heavy atom. The summed E-state index contributed by atoms with van der Waals surface area (Å²) in [6.07, 6.45) is 6.50. The van der Waals surface area contributed by atoms with Crippen LogP contribution in [0.25, 0.3) is 0 Å². The van der Waals surface area contributed by atoms with Gasteiger partial charge in [-0.3, -0.25) is 5.32 Å². The average molecular weight is 249 g/mol. The van der Waals surface area contributed by atoms with Crippen molar-refractivity contribution >= 4 is 0 Å². The maximum atomic E-state index is 10.4. The van der Waals surface area contributed by atoms with Crippen molar-refractivity contribution < 1.29 is 10.2 Å². The van der Waals surface area contributed by atoms with E-state index in [1.165, 1.54) is 32.1 Å². The maximum absolute atomic E-state index is 10.4. The van der Waals surface area contributed by atoms with Gasteiger partial charge in [-0.2, -0.15) is 0 Å². The van der Waals surface area contributed by atoms with E-state index in [2.05, 4.69) is 5.32 Å². The molecule has 1 fully saturated rings. The number of hydrogen-bond acceptors (Lipinski definition) is 3. The molecule has 0 spiro atoms. The fourth-order valence-electron chi connectivity index (χ4n) is 2.62. The van der Waals surface area contributed by atoms with Crippen molar-refractivity contribution in [1.29, 1.82) is 0 Å². The van der Waals surface area contributed by atoms with E-state index in [9.17, 15) is 10.2 Å². The van der Waals surface area contributed by atoms with Crippen LogP contribution in [0.5, 0.6) is 5.75 Å². The molecule has 1 aromatic carbocycles. The zero-order valence-electron chi connectivity index (χ0n) is 11.0. The van der Waals surface area contributed by atoms with Crippen LogP contribution in [0.3, 0.4) is 0 Å². The summed E-state index contributed by atoms with van der Waals surface area (Å²) in [7, 11) is 0. The van der Waals surface area contributed by atoms with E-state index in [0.29, 0.717) is 5.92 Å². The van der Waals surface area contributed by atoms with Gasteiger partial charge in [-0.05, 0) is 43.4 Å². The molecule has 3 heteroatoms. The highest BCUT2D eigenvalue weighted by Gasteiger charge is 2.24. The monoisotopic (exact) mass is 249 g/mol. The molecule has 18 heavy (non-hydrogen) atoms. The van der Waals surface area contributed by atoms with Crippen molar-refractivity contribution in [3.63, 3.8) is 0 Å². The van der Waals surface area contributed by atoms with Crippen LogP contribution >= 0.6 is 0 Å². The van der Waals surface area contributed by atoms with Crippen LogP contribution in [0, 0.1) is 5.92 Å². The summed E-state index contributed by atoms with van der Waals surface area (Å²) in [6.45, 7) is 2.62. The van der Waals surface area contributed by atoms with Crippen molar-refractivity contribution in [2.24, 2.45) is 5.92 Å². The van der Waals surface area contributed by atoms with Crippen LogP contribution in [-0.4, -0.2) is 16.8 Å². The first kappa shape index (κ1) is 13.4. The number of benzene rings is 1. The van der Waals surface area contributed by atoms with Crippen LogP contribution in [0.15, 0.2) is 24.3 Å². The Morgan fingerprint density at radius 3 is 2.39 bits per heavy atom. The summed E-state index contributed by atoms with van der Waals surface area (Å²) in [5, 5.41) is 22.9. The molecule has 0 bridgehead atoms. The van der Waals surface area contributed by atoms with Gasteiger partial charge in [0.15, 0.2) is 0 Å². The summed E-state index contributed by atoms with van der Waals surface area (Å²) in [6, 6.07) is 6.71. The third-order valence-corrected chi connectivity index (χ3v) is 3.89. The second kappa shape index (κ2) is 5.72. The van der Waals surface area contributed by atoms with E-state index in [4.69, 9.17) is 0 Å². The van der Waals surface area contributed by atoms with Gasteiger partial charge in [-0.15, -0.1) is 0 Å². The molecule has 0 aromatic heterocycles. The Balaban J connectivity index is 1.91. The van der Waals surface area contributed by atoms with Crippen molar-refractivity contribution in [3.8, 4) is 5.75 Å². The second-order valence-electron chi connectivity index (χ2n) is 5.50. The largest absolute Gasteiger partial charge is 0.508 e. The summed E-state index contributed by atoms with van der Waals surface area (Å²) < 4.78 is 0. The maximum Gasteiger partial charge on any atom is 0.139 e. The molecule has 1 saturated carbocycles. The molecule has 0 amide bonds. The number of phenols is 1. The van der Waals surface area contributed by atoms with Crippen LogP contribution in [0.2, 0.25) is 0 Å². The minimum absolute atomic E-state index is 0.224. The van der Waals surface area contributed by atoms with Gasteiger partial charge in [0.2, 0.25) is 0 Å². The SMILES string of the molecule is CC(O)(NCC1CCCCC1)c1ccc(O)cc1. The standard InChI is InChI=1S/C15H23NO2/c1-15(18,13-7-9-14(17)10-8-13)16-11-12-5-3-2-4-6-12/h7-10,12,16-18H,2-6,11H2,1H3. The lowest BCUT2D eigenvalue weighted by Gasteiger charge is -2.29. The van der Waals surface area contributed by atoms with E-state index in [-0.39, 0.29) is 5.75 Å². The first-order valence-corrected chi connectivity index (χ1v) is 6.85. The quantitative estimate of drug-likeness (QED) is 0.719. The van der Waals surface area contributed by atoms with E-state index in [0.717, 1.165) is 12.1 Å². The van der Waals surface area contributed by atoms with E-state index >= 15 is 0 Å². The smallest absolute Gasteiger partial charge is 0.139 e. The highest BCUT2D eigenvalue weighted by molar-refractivity contribution is 5.29. The number of aliphatic hydroxyl groups is 1. The number of hydrogen-bond donors (Lipinski definition) is 3. The summed E-state index contributed by atoms with van der Waals surface area (Å²) in [5.74, 6) is 0.907. The molecule has 3 nitrogen and oxygen atoms in total. The summed E-state index contributed by atoms with van der Waals surface area (Å²) in [4.78, 5) is 0. The molecule has 0 saturated heterocycles. The number of nitrogens with one attached hydrogen (secondary N) is 1. The molecule has 3 N–H and O–H groups in total. The predicted molar refractivity (Wildman–Crippen MR) is 72.3 cm³/mol. The Labute approximate surface area is 109 Å². The van der Waals surface area contributed by atoms with Gasteiger partial charge in [0.25, 0.3) is 0 Å². The molecule has 1 aliphatic rings. The van der Waals surface area contributed by atoms with Crippen molar-refractivity contribution in [3.05, 3.63) is 29.8 Å². The molecule has 1 atom stereocenters. The molecular weight excluding hydrogens is 226 g/mol. The molecule has 2 rings (SSSR count). The molecule has 0 radical (unpaired) electrons. The van der Waals surface area contributed by atoms with Gasteiger partial charge in [0, 0.05) is 6.54 Å². The molecule has 1 aliphatic carbocycles. The lowest BCUT2D eigenvalue weighted by atomic mass is 9.89. The topological polar surface area (TPSA) is 52.5 Å². The van der Waals surface area contributed by atoms with Gasteiger partial charge in [-0.25, -0.2) is 0 Å². The highest BCUT2D eigenvalue weighted by atomic mass is 16.3. The zero-order valence-corrected chi connectivity index (χ0v) is 11.0. The normalized spacial score (nSPS) is 20.6. The molecule has 100 valence electrons. The molecule has 0 heterocycles. The lowest BCUT2D eigenvalue weighted by Crippen LogP contribution is -2.42. The fourth-order valence-corrected chi connectivity index (χ4v) is 2.62. The number of aromatic hydroxyl groups is 1. The summed E-state index contributed by atoms with van der Waals surface area (Å²) >= 11 is 0. The average Bonchev–Trinajstić information content (AvgIpc) is 2.38. The van der Waals surface area contributed by atoms with Crippen LogP contribution in [0.4, 0.5) is 0 Å². The predicted octanol–water partition coefficient (Wildman–Crippen LogP) is 2.73. The molecule has 1 aromatic rings. The minimum Gasteiger partial charge on any atom is -0.508 e. The van der Waals surface area contributed by atoms with Gasteiger partial charge < -0.3 is 10.2 Å².